The van der Waals surface area contributed by atoms with Gasteiger partial charge in [-0.1, -0.05) is 48.2 Å². The smallest absolute Gasteiger partial charge is 0.234 e. The van der Waals surface area contributed by atoms with Crippen molar-refractivity contribution in [1.82, 2.24) is 14.8 Å². The lowest BCUT2D eigenvalue weighted by Gasteiger charge is -2.08. The maximum Gasteiger partial charge on any atom is 0.234 e. The van der Waals surface area contributed by atoms with E-state index < -0.39 is 0 Å². The number of carbonyl (C=O) groups excluding carboxylic acids is 1. The van der Waals surface area contributed by atoms with Crippen LogP contribution < -0.4 is 10.1 Å². The van der Waals surface area contributed by atoms with Crippen molar-refractivity contribution in [3.05, 3.63) is 78.6 Å². The van der Waals surface area contributed by atoms with E-state index in [2.05, 4.69) is 50.9 Å². The van der Waals surface area contributed by atoms with E-state index >= 15 is 0 Å². The van der Waals surface area contributed by atoms with E-state index in [0.717, 1.165) is 28.8 Å². The lowest BCUT2D eigenvalue weighted by atomic mass is 10.1. The van der Waals surface area contributed by atoms with Crippen LogP contribution in [0.1, 0.15) is 29.6 Å². The predicted octanol–water partition coefficient (Wildman–Crippen LogP) is 4.47. The molecule has 1 aliphatic rings. The topological polar surface area (TPSA) is 69.0 Å². The van der Waals surface area contributed by atoms with Crippen LogP contribution in [-0.2, 0) is 11.3 Å². The Morgan fingerprint density at radius 1 is 1.20 bits per heavy atom. The van der Waals surface area contributed by atoms with Gasteiger partial charge >= 0.3 is 0 Å². The van der Waals surface area contributed by atoms with E-state index in [4.69, 9.17) is 4.74 Å². The molecule has 3 aromatic rings. The molecule has 1 aromatic heterocycles. The number of nitrogens with zero attached hydrogens (tertiary/aromatic N) is 3. The fourth-order valence-electron chi connectivity index (χ4n) is 3.53. The number of rotatable bonds is 9. The zero-order valence-electron chi connectivity index (χ0n) is 16.8. The number of methoxy groups -OCH3 is 1. The van der Waals surface area contributed by atoms with Crippen LogP contribution in [0, 0.1) is 0 Å². The zero-order chi connectivity index (χ0) is 20.9. The van der Waals surface area contributed by atoms with Crippen molar-refractivity contribution < 1.29 is 9.53 Å². The lowest BCUT2D eigenvalue weighted by molar-refractivity contribution is -0.113. The van der Waals surface area contributed by atoms with Crippen LogP contribution >= 0.6 is 11.8 Å². The number of benzene rings is 2. The van der Waals surface area contributed by atoms with Crippen LogP contribution in [0.5, 0.6) is 5.75 Å². The first-order valence-corrected chi connectivity index (χ1v) is 10.8. The van der Waals surface area contributed by atoms with Gasteiger partial charge in [-0.3, -0.25) is 4.79 Å². The van der Waals surface area contributed by atoms with Crippen LogP contribution in [0.4, 0.5) is 5.69 Å². The molecular formula is C23H24N4O2S. The number of carbonyl (C=O) groups is 1. The monoisotopic (exact) mass is 420 g/mol. The van der Waals surface area contributed by atoms with Crippen LogP contribution in [0.15, 0.2) is 72.4 Å². The Kier molecular flexibility index (Phi) is 6.18. The number of allylic oxidation sites excluding steroid dienone is 1. The van der Waals surface area contributed by atoms with E-state index in [0.29, 0.717) is 18.4 Å². The van der Waals surface area contributed by atoms with Crippen molar-refractivity contribution in [3.63, 3.8) is 0 Å². The van der Waals surface area contributed by atoms with Crippen LogP contribution in [0.25, 0.3) is 0 Å². The minimum Gasteiger partial charge on any atom is -0.497 e. The molecule has 1 N–H and O–H groups in total. The fraction of sp³-hybridized carbons (Fsp3) is 0.261. The normalized spacial score (nSPS) is 17.4. The number of anilines is 1. The highest BCUT2D eigenvalue weighted by atomic mass is 32.2. The van der Waals surface area contributed by atoms with Gasteiger partial charge in [0, 0.05) is 18.2 Å². The summed E-state index contributed by atoms with van der Waals surface area (Å²) in [6.45, 7) is 4.49. The van der Waals surface area contributed by atoms with Crippen LogP contribution in [0.3, 0.4) is 0 Å². The summed E-state index contributed by atoms with van der Waals surface area (Å²) in [5.41, 5.74) is 2.07. The van der Waals surface area contributed by atoms with E-state index in [-0.39, 0.29) is 11.7 Å². The second-order valence-corrected chi connectivity index (χ2v) is 8.11. The first-order chi connectivity index (χ1) is 14.7. The zero-order valence-corrected chi connectivity index (χ0v) is 17.6. The molecule has 0 saturated heterocycles. The Morgan fingerprint density at radius 3 is 2.67 bits per heavy atom. The molecule has 0 bridgehead atoms. The Morgan fingerprint density at radius 2 is 1.97 bits per heavy atom. The van der Waals surface area contributed by atoms with Crippen molar-refractivity contribution in [2.75, 3.05) is 18.2 Å². The highest BCUT2D eigenvalue weighted by molar-refractivity contribution is 7.99. The summed E-state index contributed by atoms with van der Waals surface area (Å²) in [6, 6.07) is 17.8. The molecule has 0 radical (unpaired) electrons. The largest absolute Gasteiger partial charge is 0.497 e. The highest BCUT2D eigenvalue weighted by Crippen LogP contribution is 2.54. The minimum atomic E-state index is -0.0894. The second kappa shape index (κ2) is 9.17. The van der Waals surface area contributed by atoms with E-state index in [1.165, 1.54) is 17.3 Å². The molecule has 0 aliphatic heterocycles. The standard InChI is InChI=1S/C23H24N4O2S/c1-3-13-27-22(20-14-19(20)16-7-5-4-6-8-16)25-26-23(27)30-15-21(28)24-17-9-11-18(29-2)12-10-17/h3-12,19-20H,1,13-15H2,2H3,(H,24,28). The van der Waals surface area contributed by atoms with Crippen molar-refractivity contribution >= 4 is 23.4 Å². The summed E-state index contributed by atoms with van der Waals surface area (Å²) in [7, 11) is 1.61. The van der Waals surface area contributed by atoms with Crippen LogP contribution in [-0.4, -0.2) is 33.5 Å². The van der Waals surface area contributed by atoms with Gasteiger partial charge in [-0.25, -0.2) is 0 Å². The van der Waals surface area contributed by atoms with Crippen LogP contribution in [0.2, 0.25) is 0 Å². The Bertz CT molecular complexity index is 1020. The molecule has 30 heavy (non-hydrogen) atoms. The maximum atomic E-state index is 12.4. The minimum absolute atomic E-state index is 0.0894. The van der Waals surface area contributed by atoms with Gasteiger partial charge < -0.3 is 14.6 Å². The molecule has 2 unspecified atom stereocenters. The third kappa shape index (κ3) is 4.57. The Hall–Kier alpha value is -3.06. The highest BCUT2D eigenvalue weighted by Gasteiger charge is 2.43. The molecule has 6 nitrogen and oxygen atoms in total. The SMILES string of the molecule is C=CCn1c(SCC(=O)Nc2ccc(OC)cc2)nnc1C1CC1c1ccccc1. The van der Waals surface area contributed by atoms with Gasteiger partial charge in [0.2, 0.25) is 5.91 Å². The number of ether oxygens (including phenoxy) is 1. The second-order valence-electron chi connectivity index (χ2n) is 7.16. The number of aromatic nitrogens is 3. The fourth-order valence-corrected chi connectivity index (χ4v) is 4.29. The Balaban J connectivity index is 1.39. The summed E-state index contributed by atoms with van der Waals surface area (Å²) >= 11 is 1.39. The van der Waals surface area contributed by atoms with Crippen molar-refractivity contribution in [2.45, 2.75) is 30.0 Å². The number of hydrogen-bond donors (Lipinski definition) is 1. The molecule has 1 heterocycles. The predicted molar refractivity (Wildman–Crippen MR) is 119 cm³/mol. The van der Waals surface area contributed by atoms with Crippen molar-refractivity contribution in [1.29, 1.82) is 0 Å². The molecule has 4 rings (SSSR count). The van der Waals surface area contributed by atoms with E-state index in [9.17, 15) is 4.79 Å². The summed E-state index contributed by atoms with van der Waals surface area (Å²) in [5.74, 6) is 2.74. The number of hydrogen-bond acceptors (Lipinski definition) is 5. The van der Waals surface area contributed by atoms with E-state index in [1.54, 1.807) is 7.11 Å². The molecular weight excluding hydrogens is 396 g/mol. The summed E-state index contributed by atoms with van der Waals surface area (Å²) in [5, 5.41) is 12.4. The van der Waals surface area contributed by atoms with Gasteiger partial charge in [-0.2, -0.15) is 0 Å². The molecule has 2 atom stereocenters. The van der Waals surface area contributed by atoms with E-state index in [1.807, 2.05) is 36.4 Å². The molecule has 1 aliphatic carbocycles. The average Bonchev–Trinajstić information content (AvgIpc) is 3.48. The summed E-state index contributed by atoms with van der Waals surface area (Å²) in [4.78, 5) is 12.4. The third-order valence-electron chi connectivity index (χ3n) is 5.11. The molecule has 0 spiro atoms. The van der Waals surface area contributed by atoms with Gasteiger partial charge in [0.1, 0.15) is 11.6 Å². The third-order valence-corrected chi connectivity index (χ3v) is 6.08. The van der Waals surface area contributed by atoms with Gasteiger partial charge in [0.25, 0.3) is 0 Å². The van der Waals surface area contributed by atoms with Gasteiger partial charge in [0.15, 0.2) is 5.16 Å². The first kappa shape index (κ1) is 20.2. The van der Waals surface area contributed by atoms with Gasteiger partial charge in [0.05, 0.1) is 12.9 Å². The van der Waals surface area contributed by atoms with Gasteiger partial charge in [-0.05, 0) is 42.2 Å². The molecule has 1 amide bonds. The van der Waals surface area contributed by atoms with Gasteiger partial charge in [-0.15, -0.1) is 16.8 Å². The molecule has 7 heteroatoms. The molecule has 1 saturated carbocycles. The first-order valence-electron chi connectivity index (χ1n) is 9.85. The molecule has 1 fully saturated rings. The van der Waals surface area contributed by atoms with Crippen molar-refractivity contribution in [2.24, 2.45) is 0 Å². The summed E-state index contributed by atoms with van der Waals surface area (Å²) in [6.07, 6.45) is 2.91. The number of amides is 1. The number of nitrogens with one attached hydrogen (secondary N) is 1. The quantitative estimate of drug-likeness (QED) is 0.408. The maximum absolute atomic E-state index is 12.4. The number of thioether (sulfide) groups is 1. The lowest BCUT2D eigenvalue weighted by Crippen LogP contribution is -2.14. The summed E-state index contributed by atoms with van der Waals surface area (Å²) < 4.78 is 7.21. The molecule has 2 aromatic carbocycles. The Labute approximate surface area is 180 Å². The molecule has 154 valence electrons. The van der Waals surface area contributed by atoms with Crippen molar-refractivity contribution in [3.8, 4) is 5.75 Å². The average molecular weight is 421 g/mol.